The molecule has 2 aromatic rings. The molecule has 0 saturated heterocycles. The Morgan fingerprint density at radius 1 is 1.25 bits per heavy atom. The van der Waals surface area contributed by atoms with Gasteiger partial charge in [0.2, 0.25) is 9.84 Å². The molecule has 1 aromatic heterocycles. The second-order valence-electron chi connectivity index (χ2n) is 3.28. The van der Waals surface area contributed by atoms with Gasteiger partial charge in [-0.05, 0) is 19.1 Å². The summed E-state index contributed by atoms with van der Waals surface area (Å²) in [6.45, 7) is 1.91. The Morgan fingerprint density at radius 2 is 1.88 bits per heavy atom. The predicted octanol–water partition coefficient (Wildman–Crippen LogP) is 2.57. The van der Waals surface area contributed by atoms with Gasteiger partial charge in [0.1, 0.15) is 0 Å². The molecule has 0 spiro atoms. The SMILES string of the molecule is Cc1ccc(S(=O)(=O)c2ncsc2S)cc1. The van der Waals surface area contributed by atoms with Gasteiger partial charge in [-0.2, -0.15) is 0 Å². The van der Waals surface area contributed by atoms with Gasteiger partial charge in [0.05, 0.1) is 14.6 Å². The lowest BCUT2D eigenvalue weighted by atomic mass is 10.2. The van der Waals surface area contributed by atoms with Crippen LogP contribution in [-0.2, 0) is 9.84 Å². The summed E-state index contributed by atoms with van der Waals surface area (Å²) in [7, 11) is -3.52. The minimum Gasteiger partial charge on any atom is -0.232 e. The van der Waals surface area contributed by atoms with Crippen LogP contribution in [0.25, 0.3) is 0 Å². The summed E-state index contributed by atoms with van der Waals surface area (Å²) in [6, 6.07) is 6.68. The molecule has 1 heterocycles. The van der Waals surface area contributed by atoms with Gasteiger partial charge in [0, 0.05) is 0 Å². The highest BCUT2D eigenvalue weighted by Gasteiger charge is 2.22. The van der Waals surface area contributed by atoms with E-state index in [0.29, 0.717) is 4.21 Å². The van der Waals surface area contributed by atoms with Gasteiger partial charge < -0.3 is 0 Å². The molecule has 0 aliphatic rings. The van der Waals surface area contributed by atoms with Crippen LogP contribution in [0.4, 0.5) is 0 Å². The zero-order chi connectivity index (χ0) is 11.8. The van der Waals surface area contributed by atoms with Crippen LogP contribution < -0.4 is 0 Å². The number of sulfone groups is 1. The van der Waals surface area contributed by atoms with E-state index in [1.165, 1.54) is 16.8 Å². The third-order valence-electron chi connectivity index (χ3n) is 2.10. The highest BCUT2D eigenvalue weighted by Crippen LogP contribution is 2.27. The molecule has 0 unspecified atom stereocenters. The lowest BCUT2D eigenvalue weighted by molar-refractivity contribution is 0.591. The smallest absolute Gasteiger partial charge is 0.225 e. The average molecular weight is 271 g/mol. The number of aromatic nitrogens is 1. The zero-order valence-corrected chi connectivity index (χ0v) is 10.9. The fraction of sp³-hybridized carbons (Fsp3) is 0.100. The van der Waals surface area contributed by atoms with E-state index in [-0.39, 0.29) is 9.92 Å². The molecular weight excluding hydrogens is 262 g/mol. The van der Waals surface area contributed by atoms with Gasteiger partial charge in [0.15, 0.2) is 5.03 Å². The van der Waals surface area contributed by atoms with Crippen LogP contribution in [0, 0.1) is 6.92 Å². The maximum atomic E-state index is 12.1. The van der Waals surface area contributed by atoms with Crippen molar-refractivity contribution in [2.75, 3.05) is 0 Å². The summed E-state index contributed by atoms with van der Waals surface area (Å²) in [5, 5.41) is 0.0321. The van der Waals surface area contributed by atoms with Gasteiger partial charge >= 0.3 is 0 Å². The molecule has 0 radical (unpaired) electrons. The molecule has 6 heteroatoms. The molecule has 16 heavy (non-hydrogen) atoms. The number of hydrogen-bond donors (Lipinski definition) is 1. The molecule has 0 bridgehead atoms. The monoisotopic (exact) mass is 271 g/mol. The molecule has 1 aromatic carbocycles. The standard InChI is InChI=1S/C10H9NO2S3/c1-7-2-4-8(5-3-7)16(12,13)9-10(14)15-6-11-9/h2-6,14H,1H3. The lowest BCUT2D eigenvalue weighted by Gasteiger charge is -2.02. The summed E-state index contributed by atoms with van der Waals surface area (Å²) in [4.78, 5) is 4.09. The van der Waals surface area contributed by atoms with Crippen molar-refractivity contribution in [1.29, 1.82) is 0 Å². The Morgan fingerprint density at radius 3 is 2.38 bits per heavy atom. The Hall–Kier alpha value is -0.850. The number of hydrogen-bond acceptors (Lipinski definition) is 5. The van der Waals surface area contributed by atoms with Crippen LogP contribution in [0.1, 0.15) is 5.56 Å². The number of thiazole rings is 1. The van der Waals surface area contributed by atoms with Gasteiger partial charge in [0.25, 0.3) is 0 Å². The first kappa shape index (κ1) is 11.6. The van der Waals surface area contributed by atoms with Crippen LogP contribution in [-0.4, -0.2) is 13.4 Å². The first-order chi connectivity index (χ1) is 7.51. The molecule has 2 rings (SSSR count). The van der Waals surface area contributed by atoms with Gasteiger partial charge in [-0.3, -0.25) is 0 Å². The number of nitrogens with zero attached hydrogens (tertiary/aromatic N) is 1. The van der Waals surface area contributed by atoms with Gasteiger partial charge in [-0.1, -0.05) is 17.7 Å². The fourth-order valence-electron chi connectivity index (χ4n) is 1.24. The van der Waals surface area contributed by atoms with Crippen molar-refractivity contribution in [1.82, 2.24) is 4.98 Å². The van der Waals surface area contributed by atoms with E-state index in [1.807, 2.05) is 6.92 Å². The van der Waals surface area contributed by atoms with Crippen molar-refractivity contribution in [2.45, 2.75) is 21.1 Å². The predicted molar refractivity (Wildman–Crippen MR) is 66.0 cm³/mol. The molecule has 0 N–H and O–H groups in total. The summed E-state index contributed by atoms with van der Waals surface area (Å²) >= 11 is 5.29. The van der Waals surface area contributed by atoms with Crippen molar-refractivity contribution in [2.24, 2.45) is 0 Å². The van der Waals surface area contributed by atoms with Gasteiger partial charge in [-0.15, -0.1) is 24.0 Å². The minimum atomic E-state index is -3.52. The molecule has 0 fully saturated rings. The third-order valence-corrected chi connectivity index (χ3v) is 5.25. The molecule has 3 nitrogen and oxygen atoms in total. The zero-order valence-electron chi connectivity index (χ0n) is 8.41. The summed E-state index contributed by atoms with van der Waals surface area (Å²) in [5.41, 5.74) is 2.49. The molecular formula is C10H9NO2S3. The van der Waals surface area contributed by atoms with E-state index in [9.17, 15) is 8.42 Å². The topological polar surface area (TPSA) is 47.0 Å². The molecule has 0 aliphatic heterocycles. The minimum absolute atomic E-state index is 0.0321. The quantitative estimate of drug-likeness (QED) is 0.854. The summed E-state index contributed by atoms with van der Waals surface area (Å²) in [5.74, 6) is 0. The van der Waals surface area contributed by atoms with Crippen molar-refractivity contribution in [3.05, 3.63) is 35.3 Å². The van der Waals surface area contributed by atoms with Crippen LogP contribution >= 0.6 is 24.0 Å². The molecule has 0 atom stereocenters. The first-order valence-corrected chi connectivity index (χ1v) is 7.27. The van der Waals surface area contributed by atoms with Crippen molar-refractivity contribution >= 4 is 33.8 Å². The Labute approximate surface area is 103 Å². The van der Waals surface area contributed by atoms with E-state index in [2.05, 4.69) is 17.6 Å². The van der Waals surface area contributed by atoms with E-state index >= 15 is 0 Å². The normalized spacial score (nSPS) is 11.6. The maximum Gasteiger partial charge on any atom is 0.225 e. The Kier molecular flexibility index (Phi) is 3.05. The van der Waals surface area contributed by atoms with Crippen LogP contribution in [0.5, 0.6) is 0 Å². The van der Waals surface area contributed by atoms with Crippen molar-refractivity contribution < 1.29 is 8.42 Å². The number of thiol groups is 1. The Bertz CT molecular complexity index is 599. The lowest BCUT2D eigenvalue weighted by Crippen LogP contribution is -2.02. The van der Waals surface area contributed by atoms with Crippen LogP contribution in [0.3, 0.4) is 0 Å². The summed E-state index contributed by atoms with van der Waals surface area (Å²) < 4.78 is 24.7. The fourth-order valence-corrected chi connectivity index (χ4v) is 3.89. The van der Waals surface area contributed by atoms with E-state index in [0.717, 1.165) is 5.56 Å². The molecule has 0 saturated carbocycles. The van der Waals surface area contributed by atoms with E-state index in [4.69, 9.17) is 0 Å². The van der Waals surface area contributed by atoms with Crippen LogP contribution in [0.2, 0.25) is 0 Å². The molecule has 0 amide bonds. The third kappa shape index (κ3) is 2.00. The van der Waals surface area contributed by atoms with Crippen molar-refractivity contribution in [3.8, 4) is 0 Å². The average Bonchev–Trinajstić information content (AvgIpc) is 2.66. The van der Waals surface area contributed by atoms with E-state index < -0.39 is 9.84 Å². The maximum absolute atomic E-state index is 12.1. The molecule has 0 aliphatic carbocycles. The Balaban J connectivity index is 2.56. The van der Waals surface area contributed by atoms with Crippen molar-refractivity contribution in [3.63, 3.8) is 0 Å². The highest BCUT2D eigenvalue weighted by molar-refractivity contribution is 7.92. The van der Waals surface area contributed by atoms with E-state index in [1.54, 1.807) is 24.3 Å². The van der Waals surface area contributed by atoms with Crippen LogP contribution in [0.15, 0.2) is 43.9 Å². The molecule has 84 valence electrons. The van der Waals surface area contributed by atoms with Gasteiger partial charge in [-0.25, -0.2) is 13.4 Å². The second kappa shape index (κ2) is 4.20. The number of aryl methyl sites for hydroxylation is 1. The summed E-state index contributed by atoms with van der Waals surface area (Å²) in [6.07, 6.45) is 0. The highest BCUT2D eigenvalue weighted by atomic mass is 32.2. The number of benzene rings is 1. The number of rotatable bonds is 2. The first-order valence-electron chi connectivity index (χ1n) is 4.46. The second-order valence-corrected chi connectivity index (χ2v) is 6.75. The largest absolute Gasteiger partial charge is 0.232 e.